The van der Waals surface area contributed by atoms with Crippen molar-refractivity contribution in [3.63, 3.8) is 0 Å². The number of para-hydroxylation sites is 1. The maximum absolute atomic E-state index is 12.1. The topological polar surface area (TPSA) is 55.1 Å². The average molecular weight is 288 g/mol. The highest BCUT2D eigenvalue weighted by molar-refractivity contribution is 7.13. The Hall–Kier alpha value is -1.65. The fourth-order valence-electron chi connectivity index (χ4n) is 2.02. The molecule has 3 nitrogen and oxygen atoms in total. The number of thiophene rings is 1. The van der Waals surface area contributed by atoms with Crippen molar-refractivity contribution in [1.82, 2.24) is 0 Å². The molecule has 1 amide bonds. The lowest BCUT2D eigenvalue weighted by atomic mass is 10.1. The summed E-state index contributed by atoms with van der Waals surface area (Å²) in [5.74, 6) is -0.109. The third-order valence-electron chi connectivity index (χ3n) is 3.18. The van der Waals surface area contributed by atoms with Gasteiger partial charge in [-0.1, -0.05) is 44.0 Å². The highest BCUT2D eigenvalue weighted by Gasteiger charge is 2.15. The predicted molar refractivity (Wildman–Crippen MR) is 85.9 cm³/mol. The van der Waals surface area contributed by atoms with Gasteiger partial charge in [-0.05, 0) is 23.9 Å². The summed E-state index contributed by atoms with van der Waals surface area (Å²) in [7, 11) is 0. The van der Waals surface area contributed by atoms with Crippen molar-refractivity contribution in [3.05, 3.63) is 41.8 Å². The Morgan fingerprint density at radius 3 is 2.80 bits per heavy atom. The van der Waals surface area contributed by atoms with Crippen molar-refractivity contribution in [2.45, 2.75) is 32.2 Å². The van der Waals surface area contributed by atoms with Gasteiger partial charge in [0.05, 0.1) is 6.04 Å². The Labute approximate surface area is 123 Å². The van der Waals surface area contributed by atoms with Gasteiger partial charge in [-0.15, -0.1) is 11.3 Å². The van der Waals surface area contributed by atoms with Crippen LogP contribution in [0.3, 0.4) is 0 Å². The first kappa shape index (κ1) is 14.8. The second-order valence-corrected chi connectivity index (χ2v) is 5.71. The van der Waals surface area contributed by atoms with E-state index in [4.69, 9.17) is 5.73 Å². The average Bonchev–Trinajstić information content (AvgIpc) is 2.99. The zero-order valence-electron chi connectivity index (χ0n) is 11.6. The molecule has 106 valence electrons. The third kappa shape index (κ3) is 3.68. The molecule has 0 aliphatic rings. The van der Waals surface area contributed by atoms with Crippen molar-refractivity contribution in [1.29, 1.82) is 0 Å². The van der Waals surface area contributed by atoms with Crippen LogP contribution in [0.4, 0.5) is 5.69 Å². The van der Waals surface area contributed by atoms with Crippen LogP contribution in [0.2, 0.25) is 0 Å². The molecule has 0 saturated carbocycles. The van der Waals surface area contributed by atoms with E-state index in [0.717, 1.165) is 35.4 Å². The van der Waals surface area contributed by atoms with Gasteiger partial charge in [-0.25, -0.2) is 0 Å². The first-order chi connectivity index (χ1) is 9.72. The molecule has 0 spiro atoms. The predicted octanol–water partition coefficient (Wildman–Crippen LogP) is 3.87. The van der Waals surface area contributed by atoms with Crippen LogP contribution in [0, 0.1) is 0 Å². The number of carbonyl (C=O) groups is 1. The molecule has 1 atom stereocenters. The molecule has 2 rings (SSSR count). The summed E-state index contributed by atoms with van der Waals surface area (Å²) < 4.78 is 0. The summed E-state index contributed by atoms with van der Waals surface area (Å²) in [5, 5.41) is 4.98. The maximum Gasteiger partial charge on any atom is 0.241 e. The van der Waals surface area contributed by atoms with Gasteiger partial charge < -0.3 is 11.1 Å². The number of unbranched alkanes of at least 4 members (excludes halogenated alkanes) is 1. The van der Waals surface area contributed by atoms with Crippen molar-refractivity contribution in [3.8, 4) is 10.4 Å². The molecule has 0 aliphatic carbocycles. The van der Waals surface area contributed by atoms with Crippen LogP contribution in [0.1, 0.15) is 26.2 Å². The normalized spacial score (nSPS) is 12.1. The molecule has 4 heteroatoms. The highest BCUT2D eigenvalue weighted by atomic mass is 32.1. The lowest BCUT2D eigenvalue weighted by Gasteiger charge is -2.14. The number of amides is 1. The van der Waals surface area contributed by atoms with Gasteiger partial charge in [0, 0.05) is 16.1 Å². The quantitative estimate of drug-likeness (QED) is 0.847. The molecule has 1 heterocycles. The van der Waals surface area contributed by atoms with Gasteiger partial charge in [-0.2, -0.15) is 0 Å². The Kier molecular flexibility index (Phi) is 5.32. The molecule has 2 aromatic rings. The molecule has 1 aromatic carbocycles. The van der Waals surface area contributed by atoms with Gasteiger partial charge in [0.15, 0.2) is 0 Å². The van der Waals surface area contributed by atoms with Gasteiger partial charge in [0.25, 0.3) is 0 Å². The number of rotatable bonds is 6. The second-order valence-electron chi connectivity index (χ2n) is 4.76. The standard InChI is InChI=1S/C16H20N2OS/c1-2-3-8-13(17)16(19)18-14-9-5-4-7-12(14)15-10-6-11-20-15/h4-7,9-11,13H,2-3,8,17H2,1H3,(H,18,19)/t13-/m0/s1. The molecule has 0 aliphatic heterocycles. The number of hydrogen-bond acceptors (Lipinski definition) is 3. The molecular formula is C16H20N2OS. The summed E-state index contributed by atoms with van der Waals surface area (Å²) in [6.45, 7) is 2.09. The summed E-state index contributed by atoms with van der Waals surface area (Å²) >= 11 is 1.66. The van der Waals surface area contributed by atoms with E-state index in [2.05, 4.69) is 12.2 Å². The summed E-state index contributed by atoms with van der Waals surface area (Å²) in [4.78, 5) is 13.2. The fraction of sp³-hybridized carbons (Fsp3) is 0.312. The molecule has 20 heavy (non-hydrogen) atoms. The SMILES string of the molecule is CCCC[C@H](N)C(=O)Nc1ccccc1-c1cccs1. The van der Waals surface area contributed by atoms with Gasteiger partial charge in [-0.3, -0.25) is 4.79 Å². The van der Waals surface area contributed by atoms with Crippen LogP contribution >= 0.6 is 11.3 Å². The molecule has 1 aromatic heterocycles. The van der Waals surface area contributed by atoms with Crippen LogP contribution in [-0.2, 0) is 4.79 Å². The minimum Gasteiger partial charge on any atom is -0.324 e. The maximum atomic E-state index is 12.1. The van der Waals surface area contributed by atoms with Crippen molar-refractivity contribution >= 4 is 22.9 Å². The van der Waals surface area contributed by atoms with Gasteiger partial charge in [0.2, 0.25) is 5.91 Å². The number of carbonyl (C=O) groups excluding carboxylic acids is 1. The number of nitrogens with two attached hydrogens (primary N) is 1. The lowest BCUT2D eigenvalue weighted by Crippen LogP contribution is -2.35. The highest BCUT2D eigenvalue weighted by Crippen LogP contribution is 2.31. The zero-order chi connectivity index (χ0) is 14.4. The zero-order valence-corrected chi connectivity index (χ0v) is 12.5. The van der Waals surface area contributed by atoms with Gasteiger partial charge >= 0.3 is 0 Å². The Morgan fingerprint density at radius 1 is 1.30 bits per heavy atom. The molecule has 0 radical (unpaired) electrons. The smallest absolute Gasteiger partial charge is 0.241 e. The van der Waals surface area contributed by atoms with E-state index < -0.39 is 6.04 Å². The second kappa shape index (κ2) is 7.22. The van der Waals surface area contributed by atoms with E-state index in [1.54, 1.807) is 11.3 Å². The minimum atomic E-state index is -0.439. The van der Waals surface area contributed by atoms with Crippen molar-refractivity contribution < 1.29 is 4.79 Å². The van der Waals surface area contributed by atoms with Crippen molar-refractivity contribution in [2.75, 3.05) is 5.32 Å². The molecule has 0 unspecified atom stereocenters. The molecule has 0 fully saturated rings. The monoisotopic (exact) mass is 288 g/mol. The summed E-state index contributed by atoms with van der Waals surface area (Å²) in [5.41, 5.74) is 7.78. The van der Waals surface area contributed by atoms with Crippen LogP contribution in [0.5, 0.6) is 0 Å². The summed E-state index contributed by atoms with van der Waals surface area (Å²) in [6, 6.07) is 11.4. The van der Waals surface area contributed by atoms with Gasteiger partial charge in [0.1, 0.15) is 0 Å². The van der Waals surface area contributed by atoms with Crippen LogP contribution in [0.15, 0.2) is 41.8 Å². The van der Waals surface area contributed by atoms with E-state index in [1.165, 1.54) is 0 Å². The third-order valence-corrected chi connectivity index (χ3v) is 4.08. The van der Waals surface area contributed by atoms with Crippen LogP contribution < -0.4 is 11.1 Å². The minimum absolute atomic E-state index is 0.109. The Morgan fingerprint density at radius 2 is 2.10 bits per heavy atom. The van der Waals surface area contributed by atoms with E-state index in [0.29, 0.717) is 0 Å². The molecule has 0 saturated heterocycles. The molecule has 0 bridgehead atoms. The Bertz CT molecular complexity index is 551. The first-order valence-electron chi connectivity index (χ1n) is 6.91. The lowest BCUT2D eigenvalue weighted by molar-refractivity contribution is -0.117. The van der Waals surface area contributed by atoms with Crippen LogP contribution in [-0.4, -0.2) is 11.9 Å². The number of hydrogen-bond donors (Lipinski definition) is 2. The first-order valence-corrected chi connectivity index (χ1v) is 7.79. The number of anilines is 1. The van der Waals surface area contributed by atoms with Crippen molar-refractivity contribution in [2.24, 2.45) is 5.73 Å². The van der Waals surface area contributed by atoms with E-state index in [1.807, 2.05) is 41.8 Å². The van der Waals surface area contributed by atoms with E-state index in [-0.39, 0.29) is 5.91 Å². The molecule has 3 N–H and O–H groups in total. The molecular weight excluding hydrogens is 268 g/mol. The number of benzene rings is 1. The van der Waals surface area contributed by atoms with E-state index in [9.17, 15) is 4.79 Å². The number of nitrogens with one attached hydrogen (secondary N) is 1. The largest absolute Gasteiger partial charge is 0.324 e. The Balaban J connectivity index is 2.12. The fourth-order valence-corrected chi connectivity index (χ4v) is 2.79. The summed E-state index contributed by atoms with van der Waals surface area (Å²) in [6.07, 6.45) is 2.75. The van der Waals surface area contributed by atoms with Crippen LogP contribution in [0.25, 0.3) is 10.4 Å². The van der Waals surface area contributed by atoms with E-state index >= 15 is 0 Å².